The van der Waals surface area contributed by atoms with Gasteiger partial charge < -0.3 is 14.8 Å². The lowest BCUT2D eigenvalue weighted by atomic mass is 9.98. The standard InChI is InChI=1S/C16H20BrNO3/c17-8-11-4-3-5-12(11)9-18-16(19)15-10-20-13-6-1-2-7-14(13)21-15/h1-2,6-7,11-12,15H,3-5,8-10H2,(H,18,19). The van der Waals surface area contributed by atoms with Crippen molar-refractivity contribution in [3.05, 3.63) is 24.3 Å². The molecule has 1 saturated carbocycles. The third-order valence-electron chi connectivity index (χ3n) is 4.35. The van der Waals surface area contributed by atoms with Crippen LogP contribution in [0.15, 0.2) is 24.3 Å². The number of nitrogens with one attached hydrogen (secondary N) is 1. The summed E-state index contributed by atoms with van der Waals surface area (Å²) in [6.45, 7) is 1.01. The van der Waals surface area contributed by atoms with Crippen LogP contribution in [0.25, 0.3) is 0 Å². The maximum Gasteiger partial charge on any atom is 0.264 e. The first-order valence-corrected chi connectivity index (χ1v) is 8.62. The van der Waals surface area contributed by atoms with Crippen molar-refractivity contribution in [2.75, 3.05) is 18.5 Å². The highest BCUT2D eigenvalue weighted by atomic mass is 79.9. The van der Waals surface area contributed by atoms with Gasteiger partial charge in [-0.15, -0.1) is 0 Å². The Bertz CT molecular complexity index is 508. The normalized spacial score (nSPS) is 27.4. The molecule has 0 radical (unpaired) electrons. The lowest BCUT2D eigenvalue weighted by Crippen LogP contribution is -2.45. The second-order valence-electron chi connectivity index (χ2n) is 5.71. The van der Waals surface area contributed by atoms with Crippen LogP contribution in [0.2, 0.25) is 0 Å². The number of alkyl halides is 1. The molecule has 3 unspecified atom stereocenters. The number of para-hydroxylation sites is 2. The van der Waals surface area contributed by atoms with Crippen LogP contribution in [0.1, 0.15) is 19.3 Å². The molecule has 0 spiro atoms. The Morgan fingerprint density at radius 3 is 2.81 bits per heavy atom. The molecule has 114 valence electrons. The number of halogens is 1. The molecule has 1 aliphatic heterocycles. The van der Waals surface area contributed by atoms with E-state index in [0.717, 1.165) is 11.9 Å². The highest BCUT2D eigenvalue weighted by Gasteiger charge is 2.30. The summed E-state index contributed by atoms with van der Waals surface area (Å²) >= 11 is 3.56. The summed E-state index contributed by atoms with van der Waals surface area (Å²) < 4.78 is 11.3. The largest absolute Gasteiger partial charge is 0.485 e. The zero-order valence-electron chi connectivity index (χ0n) is 11.9. The number of fused-ring (bicyclic) bond motifs is 1. The molecule has 0 saturated heterocycles. The maximum atomic E-state index is 12.2. The Morgan fingerprint density at radius 2 is 2.00 bits per heavy atom. The minimum Gasteiger partial charge on any atom is -0.485 e. The highest BCUT2D eigenvalue weighted by molar-refractivity contribution is 9.09. The lowest BCUT2D eigenvalue weighted by Gasteiger charge is -2.26. The molecule has 1 amide bonds. The van der Waals surface area contributed by atoms with Crippen LogP contribution < -0.4 is 14.8 Å². The van der Waals surface area contributed by atoms with Crippen LogP contribution in [-0.4, -0.2) is 30.5 Å². The summed E-state index contributed by atoms with van der Waals surface area (Å²) in [5.41, 5.74) is 0. The van der Waals surface area contributed by atoms with E-state index in [-0.39, 0.29) is 12.5 Å². The lowest BCUT2D eigenvalue weighted by molar-refractivity contribution is -0.130. The summed E-state index contributed by atoms with van der Waals surface area (Å²) in [5, 5.41) is 4.04. The van der Waals surface area contributed by atoms with E-state index < -0.39 is 6.10 Å². The van der Waals surface area contributed by atoms with Gasteiger partial charge in [0.1, 0.15) is 6.61 Å². The first kappa shape index (κ1) is 14.7. The van der Waals surface area contributed by atoms with E-state index in [9.17, 15) is 4.79 Å². The van der Waals surface area contributed by atoms with Crippen molar-refractivity contribution in [2.24, 2.45) is 11.8 Å². The van der Waals surface area contributed by atoms with Gasteiger partial charge in [0, 0.05) is 11.9 Å². The SMILES string of the molecule is O=C(NCC1CCCC1CBr)C1COc2ccccc2O1. The van der Waals surface area contributed by atoms with Crippen molar-refractivity contribution in [1.82, 2.24) is 5.32 Å². The van der Waals surface area contributed by atoms with Gasteiger partial charge in [0.2, 0.25) is 6.10 Å². The predicted octanol–water partition coefficient (Wildman–Crippen LogP) is 2.75. The van der Waals surface area contributed by atoms with Gasteiger partial charge in [-0.3, -0.25) is 4.79 Å². The third kappa shape index (κ3) is 3.34. The Balaban J connectivity index is 1.52. The van der Waals surface area contributed by atoms with E-state index in [2.05, 4.69) is 21.2 Å². The van der Waals surface area contributed by atoms with Crippen LogP contribution in [0.4, 0.5) is 0 Å². The van der Waals surface area contributed by atoms with E-state index in [1.54, 1.807) is 0 Å². The smallest absolute Gasteiger partial charge is 0.264 e. The Morgan fingerprint density at radius 1 is 1.24 bits per heavy atom. The van der Waals surface area contributed by atoms with Crippen LogP contribution in [0, 0.1) is 11.8 Å². The van der Waals surface area contributed by atoms with Crippen molar-refractivity contribution in [3.8, 4) is 11.5 Å². The van der Waals surface area contributed by atoms with Gasteiger partial charge in [0.25, 0.3) is 5.91 Å². The molecular weight excluding hydrogens is 334 g/mol. The third-order valence-corrected chi connectivity index (χ3v) is 5.19. The number of amides is 1. The summed E-state index contributed by atoms with van der Waals surface area (Å²) in [7, 11) is 0. The first-order chi connectivity index (χ1) is 10.3. The van der Waals surface area contributed by atoms with Gasteiger partial charge >= 0.3 is 0 Å². The molecule has 0 aromatic heterocycles. The second kappa shape index (κ2) is 6.69. The van der Waals surface area contributed by atoms with Crippen molar-refractivity contribution in [2.45, 2.75) is 25.4 Å². The van der Waals surface area contributed by atoms with E-state index in [1.165, 1.54) is 19.3 Å². The van der Waals surface area contributed by atoms with Crippen molar-refractivity contribution in [1.29, 1.82) is 0 Å². The summed E-state index contributed by atoms with van der Waals surface area (Å²) in [4.78, 5) is 12.2. The fourth-order valence-electron chi connectivity index (χ4n) is 3.08. The second-order valence-corrected chi connectivity index (χ2v) is 6.36. The molecule has 21 heavy (non-hydrogen) atoms. The molecule has 1 aromatic carbocycles. The van der Waals surface area contributed by atoms with E-state index in [0.29, 0.717) is 23.3 Å². The first-order valence-electron chi connectivity index (χ1n) is 7.50. The molecule has 2 aliphatic rings. The topological polar surface area (TPSA) is 47.6 Å². The molecule has 3 atom stereocenters. The molecule has 5 heteroatoms. The number of carbonyl (C=O) groups excluding carboxylic acids is 1. The van der Waals surface area contributed by atoms with Gasteiger partial charge in [-0.2, -0.15) is 0 Å². The van der Waals surface area contributed by atoms with Crippen molar-refractivity contribution >= 4 is 21.8 Å². The fraction of sp³-hybridized carbons (Fsp3) is 0.562. The molecule has 3 rings (SSSR count). The summed E-state index contributed by atoms with van der Waals surface area (Å²) in [6.07, 6.45) is 3.15. The zero-order valence-corrected chi connectivity index (χ0v) is 13.5. The fourth-order valence-corrected chi connectivity index (χ4v) is 3.93. The maximum absolute atomic E-state index is 12.2. The number of ether oxygens (including phenoxy) is 2. The van der Waals surface area contributed by atoms with Crippen LogP contribution >= 0.6 is 15.9 Å². The number of rotatable bonds is 4. The van der Waals surface area contributed by atoms with Gasteiger partial charge in [0.15, 0.2) is 11.5 Å². The predicted molar refractivity (Wildman–Crippen MR) is 84.0 cm³/mol. The molecule has 0 bridgehead atoms. The minimum atomic E-state index is -0.552. The number of hydrogen-bond acceptors (Lipinski definition) is 3. The average molecular weight is 354 g/mol. The van der Waals surface area contributed by atoms with Gasteiger partial charge in [-0.05, 0) is 36.8 Å². The summed E-state index contributed by atoms with van der Waals surface area (Å²) in [6, 6.07) is 7.44. The van der Waals surface area contributed by atoms with Crippen LogP contribution in [0.5, 0.6) is 11.5 Å². The van der Waals surface area contributed by atoms with E-state index in [4.69, 9.17) is 9.47 Å². The monoisotopic (exact) mass is 353 g/mol. The quantitative estimate of drug-likeness (QED) is 0.846. The molecular formula is C16H20BrNO3. The molecule has 1 N–H and O–H groups in total. The number of hydrogen-bond donors (Lipinski definition) is 1. The molecule has 1 aromatic rings. The minimum absolute atomic E-state index is 0.0790. The zero-order chi connectivity index (χ0) is 14.7. The highest BCUT2D eigenvalue weighted by Crippen LogP contribution is 2.33. The van der Waals surface area contributed by atoms with Crippen molar-refractivity contribution < 1.29 is 14.3 Å². The van der Waals surface area contributed by atoms with Crippen LogP contribution in [-0.2, 0) is 4.79 Å². The van der Waals surface area contributed by atoms with Gasteiger partial charge in [-0.1, -0.05) is 34.5 Å². The van der Waals surface area contributed by atoms with Crippen LogP contribution in [0.3, 0.4) is 0 Å². The molecule has 1 aliphatic carbocycles. The Kier molecular flexibility index (Phi) is 4.68. The summed E-state index contributed by atoms with van der Waals surface area (Å²) in [5.74, 6) is 2.52. The van der Waals surface area contributed by atoms with Gasteiger partial charge in [-0.25, -0.2) is 0 Å². The average Bonchev–Trinajstić information content (AvgIpc) is 2.99. The molecule has 4 nitrogen and oxygen atoms in total. The number of carbonyl (C=O) groups is 1. The number of benzene rings is 1. The molecule has 1 heterocycles. The van der Waals surface area contributed by atoms with Gasteiger partial charge in [0.05, 0.1) is 0 Å². The van der Waals surface area contributed by atoms with E-state index in [1.807, 2.05) is 24.3 Å². The molecule has 1 fully saturated rings. The Hall–Kier alpha value is -1.23. The van der Waals surface area contributed by atoms with E-state index >= 15 is 0 Å². The Labute approximate surface area is 133 Å². The van der Waals surface area contributed by atoms with Crippen molar-refractivity contribution in [3.63, 3.8) is 0 Å².